The molecule has 0 saturated heterocycles. The van der Waals surface area contributed by atoms with E-state index in [9.17, 15) is 20.1 Å². The molecule has 4 unspecified atom stereocenters. The fourth-order valence-electron chi connectivity index (χ4n) is 6.34. The van der Waals surface area contributed by atoms with E-state index in [2.05, 4.69) is 26.0 Å². The van der Waals surface area contributed by atoms with Crippen molar-refractivity contribution in [3.05, 3.63) is 23.3 Å². The van der Waals surface area contributed by atoms with Crippen LogP contribution in [0.2, 0.25) is 0 Å². The third-order valence-corrected chi connectivity index (χ3v) is 7.87. The molecule has 5 heteroatoms. The van der Waals surface area contributed by atoms with Crippen molar-refractivity contribution in [1.82, 2.24) is 0 Å². The maximum absolute atomic E-state index is 11.5. The molecule has 0 heterocycles. The second-order valence-electron chi connectivity index (χ2n) is 9.30. The molecule has 0 aromatic carbocycles. The highest BCUT2D eigenvalue weighted by molar-refractivity contribution is 5.66. The minimum Gasteiger partial charge on any atom is -0.460 e. The van der Waals surface area contributed by atoms with E-state index in [1.807, 2.05) is 0 Å². The first-order valence-corrected chi connectivity index (χ1v) is 9.79. The highest BCUT2D eigenvalue weighted by Crippen LogP contribution is 2.63. The smallest absolute Gasteiger partial charge is 0.302 e. The van der Waals surface area contributed by atoms with Crippen LogP contribution in [0.1, 0.15) is 52.9 Å². The summed E-state index contributed by atoms with van der Waals surface area (Å²) in [4.78, 5) is 11.5. The number of aliphatic hydroxyl groups excluding tert-OH is 3. The van der Waals surface area contributed by atoms with Crippen LogP contribution < -0.4 is 0 Å². The van der Waals surface area contributed by atoms with Gasteiger partial charge in [0.05, 0.1) is 18.3 Å². The van der Waals surface area contributed by atoms with E-state index in [1.165, 1.54) is 18.1 Å². The molecule has 3 N–H and O–H groups in total. The number of esters is 1. The molecule has 0 aliphatic heterocycles. The molecule has 0 aromatic heterocycles. The fraction of sp³-hybridized carbons (Fsp3) is 0.762. The summed E-state index contributed by atoms with van der Waals surface area (Å²) < 4.78 is 5.42. The standard InChI is InChI=1S/C21H30O5/c1-11(22)26-18-10-21(3)12(8-16(18)23)4-5-13-14(21)6-7-20(2)15(13)9-17(24)19(20)25/h4-5,14-19,23-25H,6-10H2,1-3H3/t14-,15+,16?,17?,18?,19?,20+,21+/m1/s1. The average Bonchev–Trinajstić information content (AvgIpc) is 2.79. The zero-order valence-corrected chi connectivity index (χ0v) is 15.8. The first-order chi connectivity index (χ1) is 12.2. The van der Waals surface area contributed by atoms with Crippen molar-refractivity contribution in [2.75, 3.05) is 0 Å². The molecule has 3 saturated carbocycles. The molecular formula is C21H30O5. The summed E-state index contributed by atoms with van der Waals surface area (Å²) in [7, 11) is 0. The first kappa shape index (κ1) is 18.2. The fourth-order valence-corrected chi connectivity index (χ4v) is 6.34. The van der Waals surface area contributed by atoms with Crippen LogP contribution >= 0.6 is 0 Å². The molecule has 4 rings (SSSR count). The number of hydrogen-bond donors (Lipinski definition) is 3. The molecule has 5 nitrogen and oxygen atoms in total. The lowest BCUT2D eigenvalue weighted by molar-refractivity contribution is -0.157. The minimum atomic E-state index is -0.672. The quantitative estimate of drug-likeness (QED) is 0.622. The maximum atomic E-state index is 11.5. The van der Waals surface area contributed by atoms with E-state index < -0.39 is 24.4 Å². The minimum absolute atomic E-state index is 0.150. The Morgan fingerprint density at radius 1 is 1.15 bits per heavy atom. The van der Waals surface area contributed by atoms with Crippen molar-refractivity contribution in [3.8, 4) is 0 Å². The zero-order chi connectivity index (χ0) is 18.9. The van der Waals surface area contributed by atoms with Gasteiger partial charge in [-0.1, -0.05) is 37.1 Å². The van der Waals surface area contributed by atoms with Gasteiger partial charge in [0.25, 0.3) is 0 Å². The van der Waals surface area contributed by atoms with Gasteiger partial charge in [-0.05, 0) is 49.4 Å². The number of rotatable bonds is 1. The van der Waals surface area contributed by atoms with Crippen LogP contribution in [0.4, 0.5) is 0 Å². The van der Waals surface area contributed by atoms with Gasteiger partial charge in [0.15, 0.2) is 0 Å². The Balaban J connectivity index is 1.68. The van der Waals surface area contributed by atoms with Crippen LogP contribution in [-0.2, 0) is 9.53 Å². The van der Waals surface area contributed by atoms with E-state index in [4.69, 9.17) is 4.74 Å². The van der Waals surface area contributed by atoms with Crippen molar-refractivity contribution in [3.63, 3.8) is 0 Å². The average molecular weight is 362 g/mol. The lowest BCUT2D eigenvalue weighted by atomic mass is 9.51. The van der Waals surface area contributed by atoms with Gasteiger partial charge >= 0.3 is 5.97 Å². The van der Waals surface area contributed by atoms with Gasteiger partial charge in [0.1, 0.15) is 6.10 Å². The molecule has 0 spiro atoms. The SMILES string of the molecule is CC(=O)OC1C[C@@]2(C)C(=CC=C3[C@H]2CC[C@]2(C)C(O)C(O)C[C@@H]32)CC1O. The number of fused-ring (bicyclic) bond motifs is 5. The predicted molar refractivity (Wildman–Crippen MR) is 96.0 cm³/mol. The number of aliphatic hydroxyl groups is 3. The normalized spacial score (nSPS) is 50.1. The van der Waals surface area contributed by atoms with Gasteiger partial charge < -0.3 is 20.1 Å². The van der Waals surface area contributed by atoms with Crippen molar-refractivity contribution in [2.45, 2.75) is 77.3 Å². The Morgan fingerprint density at radius 3 is 2.58 bits per heavy atom. The topological polar surface area (TPSA) is 87.0 Å². The van der Waals surface area contributed by atoms with Crippen molar-refractivity contribution < 1.29 is 24.9 Å². The molecule has 3 fully saturated rings. The van der Waals surface area contributed by atoms with E-state index in [1.54, 1.807) is 0 Å². The van der Waals surface area contributed by atoms with Gasteiger partial charge in [-0.25, -0.2) is 0 Å². The first-order valence-electron chi connectivity index (χ1n) is 9.79. The third kappa shape index (κ3) is 2.44. The van der Waals surface area contributed by atoms with E-state index in [0.29, 0.717) is 25.2 Å². The molecular weight excluding hydrogens is 332 g/mol. The summed E-state index contributed by atoms with van der Waals surface area (Å²) in [6.07, 6.45) is 5.42. The van der Waals surface area contributed by atoms with Crippen LogP contribution in [0.15, 0.2) is 23.3 Å². The molecule has 144 valence electrons. The molecule has 0 bridgehead atoms. The lowest BCUT2D eigenvalue weighted by Gasteiger charge is -2.55. The highest BCUT2D eigenvalue weighted by atomic mass is 16.6. The maximum Gasteiger partial charge on any atom is 0.302 e. The number of hydrogen-bond acceptors (Lipinski definition) is 5. The monoisotopic (exact) mass is 362 g/mol. The molecule has 26 heavy (non-hydrogen) atoms. The Morgan fingerprint density at radius 2 is 1.88 bits per heavy atom. The van der Waals surface area contributed by atoms with Crippen LogP contribution in [0.25, 0.3) is 0 Å². The van der Waals surface area contributed by atoms with Crippen LogP contribution in [-0.4, -0.2) is 45.7 Å². The Kier molecular flexibility index (Phi) is 4.14. The summed E-state index contributed by atoms with van der Waals surface area (Å²) in [6, 6.07) is 0. The molecule has 0 amide bonds. The molecule has 8 atom stereocenters. The van der Waals surface area contributed by atoms with Crippen LogP contribution in [0.5, 0.6) is 0 Å². The number of ether oxygens (including phenoxy) is 1. The second kappa shape index (κ2) is 5.91. The molecule has 4 aliphatic carbocycles. The number of allylic oxidation sites excluding steroid dienone is 3. The predicted octanol–water partition coefficient (Wildman–Crippen LogP) is 2.10. The molecule has 0 aromatic rings. The van der Waals surface area contributed by atoms with Gasteiger partial charge in [-0.15, -0.1) is 0 Å². The Labute approximate surface area is 154 Å². The van der Waals surface area contributed by atoms with Gasteiger partial charge in [0, 0.05) is 12.3 Å². The number of carbonyl (C=O) groups excluding carboxylic acids is 1. The second-order valence-corrected chi connectivity index (χ2v) is 9.30. The summed E-state index contributed by atoms with van der Waals surface area (Å²) in [6.45, 7) is 5.72. The summed E-state index contributed by atoms with van der Waals surface area (Å²) in [5, 5.41) is 31.2. The van der Waals surface area contributed by atoms with Gasteiger partial charge in [-0.3, -0.25) is 4.79 Å². The van der Waals surface area contributed by atoms with Gasteiger partial charge in [0.2, 0.25) is 0 Å². The van der Waals surface area contributed by atoms with Crippen LogP contribution in [0, 0.1) is 22.7 Å². The van der Waals surface area contributed by atoms with E-state index in [-0.39, 0.29) is 22.7 Å². The van der Waals surface area contributed by atoms with Crippen molar-refractivity contribution in [2.24, 2.45) is 22.7 Å². The van der Waals surface area contributed by atoms with E-state index in [0.717, 1.165) is 12.8 Å². The van der Waals surface area contributed by atoms with E-state index >= 15 is 0 Å². The van der Waals surface area contributed by atoms with Crippen LogP contribution in [0.3, 0.4) is 0 Å². The van der Waals surface area contributed by atoms with Crippen molar-refractivity contribution in [1.29, 1.82) is 0 Å². The Hall–Kier alpha value is -1.17. The summed E-state index contributed by atoms with van der Waals surface area (Å²) in [5.41, 5.74) is 2.12. The number of carbonyl (C=O) groups is 1. The largest absolute Gasteiger partial charge is 0.460 e. The lowest BCUT2D eigenvalue weighted by Crippen LogP contribution is -2.51. The highest BCUT2D eigenvalue weighted by Gasteiger charge is 2.59. The van der Waals surface area contributed by atoms with Gasteiger partial charge in [-0.2, -0.15) is 0 Å². The summed E-state index contributed by atoms with van der Waals surface area (Å²) >= 11 is 0. The molecule has 4 aliphatic rings. The molecule has 0 radical (unpaired) electrons. The zero-order valence-electron chi connectivity index (χ0n) is 15.8. The summed E-state index contributed by atoms with van der Waals surface area (Å²) in [5.74, 6) is 0.137. The Bertz CT molecular complexity index is 682. The van der Waals surface area contributed by atoms with Crippen molar-refractivity contribution >= 4 is 5.97 Å². The third-order valence-electron chi connectivity index (χ3n) is 7.87.